The fourth-order valence-corrected chi connectivity index (χ4v) is 3.12. The van der Waals surface area contributed by atoms with Crippen molar-refractivity contribution in [2.24, 2.45) is 5.73 Å². The first-order chi connectivity index (χ1) is 17.0. The quantitative estimate of drug-likeness (QED) is 0.263. The molecule has 0 spiro atoms. The molecule has 5 N–H and O–H groups in total. The Morgan fingerprint density at radius 3 is 2.53 bits per heavy atom. The van der Waals surface area contributed by atoms with Gasteiger partial charge in [0.25, 0.3) is 5.91 Å². The molecule has 2 heterocycles. The Hall–Kier alpha value is -4.32. The Labute approximate surface area is 205 Å². The zero-order valence-electron chi connectivity index (χ0n) is 19.4. The summed E-state index contributed by atoms with van der Waals surface area (Å²) in [5.74, 6) is -0.591. The van der Waals surface area contributed by atoms with Gasteiger partial charge in [-0.2, -0.15) is 13.2 Å². The molecule has 12 heteroatoms. The van der Waals surface area contributed by atoms with Crippen molar-refractivity contribution in [2.75, 3.05) is 5.32 Å². The fraction of sp³-hybridized carbons (Fsp3) is 0.208. The highest BCUT2D eigenvalue weighted by molar-refractivity contribution is 6.05. The number of nitrogens with two attached hydrogens (primary N) is 1. The van der Waals surface area contributed by atoms with E-state index in [1.807, 2.05) is 13.8 Å². The number of carbonyl (C=O) groups excluding carboxylic acids is 1. The highest BCUT2D eigenvalue weighted by atomic mass is 19.4. The molecule has 9 nitrogen and oxygen atoms in total. The molecule has 36 heavy (non-hydrogen) atoms. The van der Waals surface area contributed by atoms with Crippen molar-refractivity contribution in [2.45, 2.75) is 32.6 Å². The highest BCUT2D eigenvalue weighted by Gasteiger charge is 2.33. The Morgan fingerprint density at radius 2 is 1.89 bits per heavy atom. The molecule has 0 aliphatic heterocycles. The second kappa shape index (κ2) is 11.0. The van der Waals surface area contributed by atoms with E-state index < -0.39 is 17.8 Å². The molecule has 0 bridgehead atoms. The molecule has 188 valence electrons. The number of hydrogen-bond acceptors (Lipinski definition) is 7. The fourth-order valence-electron chi connectivity index (χ4n) is 3.12. The monoisotopic (exact) mass is 499 g/mol. The number of amides is 1. The molecule has 0 saturated carbocycles. The molecular weight excluding hydrogens is 475 g/mol. The maximum atomic E-state index is 13.1. The van der Waals surface area contributed by atoms with Crippen molar-refractivity contribution in [1.82, 2.24) is 14.9 Å². The summed E-state index contributed by atoms with van der Waals surface area (Å²) >= 11 is 0. The number of hydrogen-bond donors (Lipinski definition) is 4. The zero-order valence-corrected chi connectivity index (χ0v) is 19.4. The molecule has 0 atom stereocenters. The molecule has 0 aliphatic carbocycles. The van der Waals surface area contributed by atoms with E-state index >= 15 is 0 Å². The first-order valence-corrected chi connectivity index (χ1v) is 10.7. The van der Waals surface area contributed by atoms with Crippen LogP contribution in [0.25, 0.3) is 0 Å². The minimum atomic E-state index is -4.67. The first kappa shape index (κ1) is 26.3. The van der Waals surface area contributed by atoms with Crippen LogP contribution in [0.15, 0.2) is 54.6 Å². The van der Waals surface area contributed by atoms with Gasteiger partial charge in [0.15, 0.2) is 5.84 Å². The predicted octanol–water partition coefficient (Wildman–Crippen LogP) is 4.64. The van der Waals surface area contributed by atoms with Crippen LogP contribution in [0.4, 0.5) is 19.0 Å². The third kappa shape index (κ3) is 6.42. The number of nitrogens with one attached hydrogen (secondary N) is 3. The lowest BCUT2D eigenvalue weighted by Crippen LogP contribution is -2.36. The van der Waals surface area contributed by atoms with Crippen molar-refractivity contribution < 1.29 is 22.7 Å². The van der Waals surface area contributed by atoms with Crippen LogP contribution in [0.2, 0.25) is 0 Å². The number of pyridine rings is 2. The number of aromatic nitrogens is 2. The van der Waals surface area contributed by atoms with Crippen molar-refractivity contribution in [3.63, 3.8) is 0 Å². The Balaban J connectivity index is 1.79. The van der Waals surface area contributed by atoms with Crippen LogP contribution in [-0.4, -0.2) is 39.0 Å². The van der Waals surface area contributed by atoms with Crippen molar-refractivity contribution >= 4 is 23.9 Å². The summed E-state index contributed by atoms with van der Waals surface area (Å²) in [6, 6.07) is 12.6. The Morgan fingerprint density at radius 1 is 1.17 bits per heavy atom. The number of ether oxygens (including phenoxy) is 1. The van der Waals surface area contributed by atoms with Crippen molar-refractivity contribution in [3.05, 3.63) is 77.1 Å². The summed E-state index contributed by atoms with van der Waals surface area (Å²) in [5.41, 5.74) is 4.96. The van der Waals surface area contributed by atoms with Gasteiger partial charge in [0.1, 0.15) is 23.0 Å². The summed E-state index contributed by atoms with van der Waals surface area (Å²) < 4.78 is 44.9. The van der Waals surface area contributed by atoms with Crippen molar-refractivity contribution in [3.8, 4) is 11.6 Å². The van der Waals surface area contributed by atoms with Gasteiger partial charge in [-0.3, -0.25) is 15.6 Å². The number of halogens is 3. The van der Waals surface area contributed by atoms with Crippen LogP contribution in [-0.2, 0) is 12.7 Å². The number of alkyl halides is 3. The molecule has 0 fully saturated rings. The first-order valence-electron chi connectivity index (χ1n) is 10.7. The third-order valence-corrected chi connectivity index (χ3v) is 4.89. The maximum absolute atomic E-state index is 13.1. The second-order valence-electron chi connectivity index (χ2n) is 7.87. The number of benzene rings is 1. The van der Waals surface area contributed by atoms with Gasteiger partial charge in [0.05, 0.1) is 6.34 Å². The van der Waals surface area contributed by atoms with E-state index in [0.717, 1.165) is 12.4 Å². The van der Waals surface area contributed by atoms with Gasteiger partial charge >= 0.3 is 6.18 Å². The van der Waals surface area contributed by atoms with E-state index in [9.17, 15) is 18.0 Å². The van der Waals surface area contributed by atoms with Gasteiger partial charge in [0, 0.05) is 24.2 Å². The van der Waals surface area contributed by atoms with E-state index in [4.69, 9.17) is 21.3 Å². The molecule has 3 aromatic rings. The second-order valence-corrected chi connectivity index (χ2v) is 7.87. The van der Waals surface area contributed by atoms with Crippen LogP contribution in [0.1, 0.15) is 41.2 Å². The SMILES string of the molecule is CC(C)N(C=N)C(=N)c1cccc(NC(=O)c2cccc(Oc3cc(CN)cc(C(F)(F)F)n3)c2)n1. The lowest BCUT2D eigenvalue weighted by atomic mass is 10.2. The topological polar surface area (TPSA) is 141 Å². The molecule has 1 aromatic carbocycles. The molecule has 0 saturated heterocycles. The summed E-state index contributed by atoms with van der Waals surface area (Å²) in [5, 5.41) is 18.4. The molecule has 3 rings (SSSR count). The van der Waals surface area contributed by atoms with Gasteiger partial charge < -0.3 is 20.7 Å². The average molecular weight is 499 g/mol. The van der Waals surface area contributed by atoms with Crippen LogP contribution in [0, 0.1) is 10.8 Å². The average Bonchev–Trinajstić information content (AvgIpc) is 2.83. The van der Waals surface area contributed by atoms with Crippen molar-refractivity contribution in [1.29, 1.82) is 10.8 Å². The van der Waals surface area contributed by atoms with Crippen LogP contribution >= 0.6 is 0 Å². The lowest BCUT2D eigenvalue weighted by Gasteiger charge is -2.23. The molecular formula is C24H24F3N7O2. The van der Waals surface area contributed by atoms with Gasteiger partial charge in [0.2, 0.25) is 5.88 Å². The number of nitrogens with zero attached hydrogens (tertiary/aromatic N) is 3. The number of rotatable bonds is 8. The minimum absolute atomic E-state index is 0.00284. The van der Waals surface area contributed by atoms with E-state index in [0.29, 0.717) is 0 Å². The Bertz CT molecular complexity index is 1280. The molecule has 2 aromatic heterocycles. The molecule has 1 amide bonds. The summed E-state index contributed by atoms with van der Waals surface area (Å²) in [4.78, 5) is 22.0. The van der Waals surface area contributed by atoms with Crippen LogP contribution in [0.5, 0.6) is 11.6 Å². The van der Waals surface area contributed by atoms with E-state index in [2.05, 4.69) is 15.3 Å². The van der Waals surface area contributed by atoms with E-state index in [1.165, 1.54) is 35.2 Å². The third-order valence-electron chi connectivity index (χ3n) is 4.89. The number of carbonyl (C=O) groups is 1. The number of anilines is 1. The predicted molar refractivity (Wildman–Crippen MR) is 128 cm³/mol. The highest BCUT2D eigenvalue weighted by Crippen LogP contribution is 2.31. The van der Waals surface area contributed by atoms with Crippen LogP contribution < -0.4 is 15.8 Å². The van der Waals surface area contributed by atoms with Crippen LogP contribution in [0.3, 0.4) is 0 Å². The summed E-state index contributed by atoms with van der Waals surface area (Å²) in [6.07, 6.45) is -3.64. The van der Waals surface area contributed by atoms with Gasteiger partial charge in [-0.25, -0.2) is 9.97 Å². The largest absolute Gasteiger partial charge is 0.439 e. The minimum Gasteiger partial charge on any atom is -0.439 e. The number of amidine groups is 1. The normalized spacial score (nSPS) is 11.2. The maximum Gasteiger partial charge on any atom is 0.433 e. The Kier molecular flexibility index (Phi) is 8.00. The summed E-state index contributed by atoms with van der Waals surface area (Å²) in [7, 11) is 0. The molecule has 0 unspecified atom stereocenters. The molecule has 0 radical (unpaired) electrons. The standard InChI is InChI=1S/C24H24F3N7O2/c1-14(2)34(13-29)22(30)18-7-4-8-20(31-18)33-23(35)16-5-3-6-17(11-16)36-21-10-15(12-28)9-19(32-21)24(25,26)27/h3-11,13-14,29-30H,12,28H2,1-2H3,(H,31,33,35). The van der Waals surface area contributed by atoms with Gasteiger partial charge in [-0.05, 0) is 55.8 Å². The smallest absolute Gasteiger partial charge is 0.433 e. The van der Waals surface area contributed by atoms with E-state index in [-0.39, 0.29) is 52.7 Å². The van der Waals surface area contributed by atoms with Gasteiger partial charge in [-0.15, -0.1) is 0 Å². The van der Waals surface area contributed by atoms with Gasteiger partial charge in [-0.1, -0.05) is 12.1 Å². The van der Waals surface area contributed by atoms with E-state index in [1.54, 1.807) is 18.2 Å². The summed E-state index contributed by atoms with van der Waals surface area (Å²) in [6.45, 7) is 3.51. The molecule has 0 aliphatic rings. The zero-order chi connectivity index (χ0) is 26.5. The lowest BCUT2D eigenvalue weighted by molar-refractivity contribution is -0.141.